The van der Waals surface area contributed by atoms with Crippen molar-refractivity contribution in [3.05, 3.63) is 50.6 Å². The molecule has 0 aliphatic heterocycles. The van der Waals surface area contributed by atoms with E-state index in [4.69, 9.17) is 39.5 Å². The van der Waals surface area contributed by atoms with Crippen molar-refractivity contribution in [1.82, 2.24) is 4.98 Å². The van der Waals surface area contributed by atoms with Gasteiger partial charge in [-0.3, -0.25) is 0 Å². The summed E-state index contributed by atoms with van der Waals surface area (Å²) in [6.07, 6.45) is 4.71. The summed E-state index contributed by atoms with van der Waals surface area (Å²) in [4.78, 5) is 4.06. The van der Waals surface area contributed by atoms with Gasteiger partial charge < -0.3 is 4.74 Å². The number of benzene rings is 1. The van der Waals surface area contributed by atoms with E-state index >= 15 is 0 Å². The van der Waals surface area contributed by atoms with E-state index in [9.17, 15) is 0 Å². The summed E-state index contributed by atoms with van der Waals surface area (Å²) in [6.45, 7) is 0. The third kappa shape index (κ3) is 2.88. The highest BCUT2D eigenvalue weighted by Gasteiger charge is 2.13. The predicted octanol–water partition coefficient (Wildman–Crippen LogP) is 5.71. The van der Waals surface area contributed by atoms with Gasteiger partial charge >= 0.3 is 0 Å². The van der Waals surface area contributed by atoms with Crippen molar-refractivity contribution in [3.8, 4) is 11.6 Å². The second-order valence-corrected chi connectivity index (χ2v) is 5.96. The van der Waals surface area contributed by atoms with Crippen LogP contribution in [0.3, 0.4) is 0 Å². The lowest BCUT2D eigenvalue weighted by molar-refractivity contribution is 0.462. The van der Waals surface area contributed by atoms with E-state index in [0.29, 0.717) is 10.0 Å². The van der Waals surface area contributed by atoms with Gasteiger partial charge in [-0.2, -0.15) is 4.98 Å². The van der Waals surface area contributed by atoms with Crippen LogP contribution in [0.1, 0.15) is 24.0 Å². The monoisotopic (exact) mass is 327 g/mol. The lowest BCUT2D eigenvalue weighted by atomic mass is 9.92. The summed E-state index contributed by atoms with van der Waals surface area (Å²) in [5.74, 6) is 0.996. The molecular weight excluding hydrogens is 317 g/mol. The third-order valence-corrected chi connectivity index (χ3v) is 4.33. The molecule has 0 bridgehead atoms. The minimum Gasteiger partial charge on any atom is -0.437 e. The Kier molecular flexibility index (Phi) is 4.06. The number of aromatic nitrogens is 1. The Balaban J connectivity index is 1.89. The fourth-order valence-electron chi connectivity index (χ4n) is 2.39. The van der Waals surface area contributed by atoms with Crippen LogP contribution in [-0.2, 0) is 12.8 Å². The molecule has 1 aliphatic rings. The molecule has 0 fully saturated rings. The number of halogens is 3. The van der Waals surface area contributed by atoms with E-state index in [1.807, 2.05) is 6.07 Å². The second-order valence-electron chi connectivity index (χ2n) is 4.79. The molecule has 0 spiro atoms. The number of fused-ring (bicyclic) bond motifs is 1. The van der Waals surface area contributed by atoms with Crippen molar-refractivity contribution in [2.24, 2.45) is 0 Å². The molecule has 104 valence electrons. The smallest absolute Gasteiger partial charge is 0.239 e. The van der Waals surface area contributed by atoms with Gasteiger partial charge in [0.05, 0.1) is 5.02 Å². The summed E-state index contributed by atoms with van der Waals surface area (Å²) in [5, 5.41) is 0.843. The SMILES string of the molecule is Clc1cc(Cl)c(Oc2ccc3c(c2)CCCC3)nc1Cl. The molecule has 1 aliphatic carbocycles. The maximum atomic E-state index is 6.06. The van der Waals surface area contributed by atoms with Crippen LogP contribution in [0.4, 0.5) is 0 Å². The molecule has 0 saturated carbocycles. The second kappa shape index (κ2) is 5.80. The number of hydrogen-bond acceptors (Lipinski definition) is 2. The van der Waals surface area contributed by atoms with Crippen molar-refractivity contribution >= 4 is 34.8 Å². The lowest BCUT2D eigenvalue weighted by Crippen LogP contribution is -2.02. The Hall–Kier alpha value is -0.960. The fourth-order valence-corrected chi connectivity index (χ4v) is 2.91. The molecular formula is C15H12Cl3NO. The highest BCUT2D eigenvalue weighted by molar-refractivity contribution is 6.42. The van der Waals surface area contributed by atoms with Gasteiger partial charge in [-0.25, -0.2) is 0 Å². The van der Waals surface area contributed by atoms with Crippen molar-refractivity contribution in [2.45, 2.75) is 25.7 Å². The summed E-state index contributed by atoms with van der Waals surface area (Å²) in [6, 6.07) is 7.63. The average molecular weight is 329 g/mol. The molecule has 0 atom stereocenters. The zero-order valence-corrected chi connectivity index (χ0v) is 12.9. The first-order chi connectivity index (χ1) is 9.63. The molecule has 1 aromatic heterocycles. The largest absolute Gasteiger partial charge is 0.437 e. The van der Waals surface area contributed by atoms with Gasteiger partial charge in [0.25, 0.3) is 0 Å². The van der Waals surface area contributed by atoms with Crippen LogP contribution in [0.2, 0.25) is 15.2 Å². The van der Waals surface area contributed by atoms with E-state index in [0.717, 1.165) is 18.6 Å². The van der Waals surface area contributed by atoms with Crippen LogP contribution in [-0.4, -0.2) is 4.98 Å². The molecule has 0 N–H and O–H groups in total. The summed E-state index contributed by atoms with van der Waals surface area (Å²) in [5.41, 5.74) is 2.74. The Labute approximate surface area is 132 Å². The zero-order valence-electron chi connectivity index (χ0n) is 10.6. The fraction of sp³-hybridized carbons (Fsp3) is 0.267. The number of aryl methyl sites for hydroxylation is 2. The van der Waals surface area contributed by atoms with Crippen LogP contribution in [0.25, 0.3) is 0 Å². The van der Waals surface area contributed by atoms with Gasteiger partial charge in [0.15, 0.2) is 5.15 Å². The Bertz CT molecular complexity index is 658. The predicted molar refractivity (Wildman–Crippen MR) is 82.4 cm³/mol. The van der Waals surface area contributed by atoms with E-state index < -0.39 is 0 Å². The minimum absolute atomic E-state index is 0.184. The van der Waals surface area contributed by atoms with Gasteiger partial charge in [-0.1, -0.05) is 40.9 Å². The number of rotatable bonds is 2. The van der Waals surface area contributed by atoms with Crippen LogP contribution in [0, 0.1) is 0 Å². The quantitative estimate of drug-likeness (QED) is 0.658. The summed E-state index contributed by atoms with van der Waals surface area (Å²) >= 11 is 17.8. The van der Waals surface area contributed by atoms with Crippen LogP contribution in [0.15, 0.2) is 24.3 Å². The topological polar surface area (TPSA) is 22.1 Å². The number of hydrogen-bond donors (Lipinski definition) is 0. The molecule has 1 heterocycles. The van der Waals surface area contributed by atoms with E-state index in [2.05, 4.69) is 17.1 Å². The average Bonchev–Trinajstić information content (AvgIpc) is 2.44. The summed E-state index contributed by atoms with van der Waals surface area (Å²) in [7, 11) is 0. The molecule has 3 rings (SSSR count). The van der Waals surface area contributed by atoms with Crippen molar-refractivity contribution in [1.29, 1.82) is 0 Å². The van der Waals surface area contributed by atoms with Gasteiger partial charge in [-0.05, 0) is 55.0 Å². The maximum absolute atomic E-state index is 6.06. The van der Waals surface area contributed by atoms with Gasteiger partial charge in [0.2, 0.25) is 5.88 Å². The first kappa shape index (κ1) is 14.0. The van der Waals surface area contributed by atoms with Gasteiger partial charge in [0.1, 0.15) is 10.8 Å². The Morgan fingerprint density at radius 1 is 0.900 bits per heavy atom. The standard InChI is InChI=1S/C15H12Cl3NO/c16-12-8-13(17)15(19-14(12)18)20-11-6-5-9-3-1-2-4-10(9)7-11/h5-8H,1-4H2. The van der Waals surface area contributed by atoms with Gasteiger partial charge in [-0.15, -0.1) is 0 Å². The zero-order chi connectivity index (χ0) is 14.1. The Morgan fingerprint density at radius 3 is 2.45 bits per heavy atom. The van der Waals surface area contributed by atoms with Crippen LogP contribution < -0.4 is 4.74 Å². The molecule has 5 heteroatoms. The van der Waals surface area contributed by atoms with Crippen LogP contribution in [0.5, 0.6) is 11.6 Å². The minimum atomic E-state index is 0.184. The maximum Gasteiger partial charge on any atom is 0.239 e. The molecule has 20 heavy (non-hydrogen) atoms. The first-order valence-electron chi connectivity index (χ1n) is 6.44. The highest BCUT2D eigenvalue weighted by Crippen LogP contribution is 2.34. The molecule has 0 radical (unpaired) electrons. The molecule has 1 aromatic carbocycles. The molecule has 2 aromatic rings. The number of ether oxygens (including phenoxy) is 1. The van der Waals surface area contributed by atoms with E-state index in [-0.39, 0.29) is 11.0 Å². The van der Waals surface area contributed by atoms with E-state index in [1.165, 1.54) is 30.0 Å². The lowest BCUT2D eigenvalue weighted by Gasteiger charge is -2.16. The van der Waals surface area contributed by atoms with Gasteiger partial charge in [0, 0.05) is 0 Å². The number of nitrogens with zero attached hydrogens (tertiary/aromatic N) is 1. The molecule has 0 unspecified atom stereocenters. The van der Waals surface area contributed by atoms with Crippen molar-refractivity contribution in [2.75, 3.05) is 0 Å². The number of pyridine rings is 1. The third-order valence-electron chi connectivity index (χ3n) is 3.39. The normalized spacial score (nSPS) is 13.9. The Morgan fingerprint density at radius 2 is 1.65 bits per heavy atom. The molecule has 2 nitrogen and oxygen atoms in total. The van der Waals surface area contributed by atoms with Crippen molar-refractivity contribution in [3.63, 3.8) is 0 Å². The van der Waals surface area contributed by atoms with Crippen LogP contribution >= 0.6 is 34.8 Å². The molecule has 0 amide bonds. The molecule has 0 saturated heterocycles. The summed E-state index contributed by atoms with van der Waals surface area (Å²) < 4.78 is 5.72. The van der Waals surface area contributed by atoms with E-state index in [1.54, 1.807) is 0 Å². The highest BCUT2D eigenvalue weighted by atomic mass is 35.5. The first-order valence-corrected chi connectivity index (χ1v) is 7.58. The van der Waals surface area contributed by atoms with Crippen molar-refractivity contribution < 1.29 is 4.74 Å².